The summed E-state index contributed by atoms with van der Waals surface area (Å²) in [7, 11) is 0. The average Bonchev–Trinajstić information content (AvgIpc) is 2.72. The van der Waals surface area contributed by atoms with Crippen LogP contribution in [-0.4, -0.2) is 11.8 Å². The maximum Gasteiger partial charge on any atom is 0.343 e. The lowest BCUT2D eigenvalue weighted by atomic mass is 9.87. The van der Waals surface area contributed by atoms with Gasteiger partial charge in [-0.15, -0.1) is 0 Å². The first kappa shape index (κ1) is 21.7. The molecule has 4 heteroatoms. The number of hydrogen-bond acceptors (Lipinski definition) is 3. The third kappa shape index (κ3) is 5.77. The normalized spacial score (nSPS) is 11.5. The smallest absolute Gasteiger partial charge is 0.343 e. The van der Waals surface area contributed by atoms with Crippen molar-refractivity contribution in [3.05, 3.63) is 106 Å². The maximum atomic E-state index is 12.5. The zero-order chi connectivity index (χ0) is 21.7. The van der Waals surface area contributed by atoms with Crippen molar-refractivity contribution in [1.82, 2.24) is 0 Å². The molecule has 30 heavy (non-hydrogen) atoms. The highest BCUT2D eigenvalue weighted by Gasteiger charge is 2.15. The second-order valence-electron chi connectivity index (χ2n) is 7.99. The van der Waals surface area contributed by atoms with Crippen LogP contribution < -0.4 is 4.74 Å². The van der Waals surface area contributed by atoms with E-state index in [1.54, 1.807) is 48.5 Å². The highest BCUT2D eigenvalue weighted by atomic mass is 79.9. The van der Waals surface area contributed by atoms with Crippen molar-refractivity contribution < 1.29 is 14.3 Å². The molecule has 0 aliphatic heterocycles. The molecule has 0 unspecified atom stereocenters. The molecule has 0 aliphatic rings. The number of ether oxygens (including phenoxy) is 1. The summed E-state index contributed by atoms with van der Waals surface area (Å²) in [5.41, 5.74) is 3.05. The number of carbonyl (C=O) groups excluding carboxylic acids is 2. The first-order valence-corrected chi connectivity index (χ1v) is 10.4. The fourth-order valence-electron chi connectivity index (χ4n) is 2.84. The minimum atomic E-state index is -0.414. The molecule has 3 rings (SSSR count). The number of rotatable bonds is 5. The van der Waals surface area contributed by atoms with Crippen LogP contribution >= 0.6 is 15.9 Å². The van der Waals surface area contributed by atoms with E-state index in [4.69, 9.17) is 4.74 Å². The van der Waals surface area contributed by atoms with Crippen LogP contribution in [0.25, 0.3) is 6.08 Å². The molecular formula is C26H23BrO3. The van der Waals surface area contributed by atoms with E-state index in [2.05, 4.69) is 36.7 Å². The van der Waals surface area contributed by atoms with Crippen LogP contribution in [0.2, 0.25) is 0 Å². The van der Waals surface area contributed by atoms with Gasteiger partial charge in [-0.1, -0.05) is 67.0 Å². The molecule has 0 amide bonds. The quantitative estimate of drug-likeness (QED) is 0.180. The minimum absolute atomic E-state index is 0.0246. The van der Waals surface area contributed by atoms with Gasteiger partial charge in [0.15, 0.2) is 5.78 Å². The largest absolute Gasteiger partial charge is 0.423 e. The van der Waals surface area contributed by atoms with E-state index in [0.29, 0.717) is 16.9 Å². The van der Waals surface area contributed by atoms with Gasteiger partial charge in [-0.05, 0) is 71.1 Å². The Morgan fingerprint density at radius 2 is 1.50 bits per heavy atom. The van der Waals surface area contributed by atoms with Gasteiger partial charge in [-0.2, -0.15) is 0 Å². The third-order valence-electron chi connectivity index (χ3n) is 4.61. The number of ketones is 1. The average molecular weight is 463 g/mol. The van der Waals surface area contributed by atoms with Crippen molar-refractivity contribution >= 4 is 33.8 Å². The molecule has 3 nitrogen and oxygen atoms in total. The molecule has 0 heterocycles. The van der Waals surface area contributed by atoms with E-state index in [0.717, 1.165) is 15.6 Å². The Morgan fingerprint density at radius 1 is 0.867 bits per heavy atom. The number of esters is 1. The summed E-state index contributed by atoms with van der Waals surface area (Å²) in [5, 5.41) is 0. The Morgan fingerprint density at radius 3 is 2.13 bits per heavy atom. The van der Waals surface area contributed by atoms with Crippen molar-refractivity contribution in [1.29, 1.82) is 0 Å². The molecule has 152 valence electrons. The highest BCUT2D eigenvalue weighted by Crippen LogP contribution is 2.23. The maximum absolute atomic E-state index is 12.5. The molecular weight excluding hydrogens is 440 g/mol. The summed E-state index contributed by atoms with van der Waals surface area (Å²) in [6.07, 6.45) is 3.22. The summed E-state index contributed by atoms with van der Waals surface area (Å²) >= 11 is 3.36. The molecule has 0 spiro atoms. The standard InChI is InChI=1S/C26H23BrO3/c1-26(2,3)21-12-8-20(9-13-21)25(29)30-23-6-4-5-18(17-23)7-16-24(28)19-10-14-22(27)15-11-19/h4-17H,1-3H3. The van der Waals surface area contributed by atoms with E-state index in [1.165, 1.54) is 6.08 Å². The summed E-state index contributed by atoms with van der Waals surface area (Å²) < 4.78 is 6.43. The Labute approximate surface area is 185 Å². The van der Waals surface area contributed by atoms with Crippen molar-refractivity contribution in [3.8, 4) is 5.75 Å². The summed E-state index contributed by atoms with van der Waals surface area (Å²) in [6.45, 7) is 6.38. The fraction of sp³-hybridized carbons (Fsp3) is 0.154. The monoisotopic (exact) mass is 462 g/mol. The minimum Gasteiger partial charge on any atom is -0.423 e. The van der Waals surface area contributed by atoms with Crippen LogP contribution in [0.3, 0.4) is 0 Å². The Balaban J connectivity index is 1.68. The van der Waals surface area contributed by atoms with Crippen LogP contribution in [0.15, 0.2) is 83.3 Å². The zero-order valence-electron chi connectivity index (χ0n) is 17.2. The molecule has 0 radical (unpaired) electrons. The van der Waals surface area contributed by atoms with Gasteiger partial charge in [-0.25, -0.2) is 4.79 Å². The van der Waals surface area contributed by atoms with Crippen LogP contribution in [0.1, 0.15) is 52.6 Å². The van der Waals surface area contributed by atoms with Gasteiger partial charge in [0.05, 0.1) is 5.56 Å². The van der Waals surface area contributed by atoms with E-state index in [-0.39, 0.29) is 11.2 Å². The molecule has 3 aromatic carbocycles. The molecule has 0 fully saturated rings. The molecule has 0 aromatic heterocycles. The third-order valence-corrected chi connectivity index (χ3v) is 5.14. The molecule has 0 saturated heterocycles. The van der Waals surface area contributed by atoms with E-state index >= 15 is 0 Å². The molecule has 0 saturated carbocycles. The van der Waals surface area contributed by atoms with E-state index in [1.807, 2.05) is 30.3 Å². The fourth-order valence-corrected chi connectivity index (χ4v) is 3.10. The van der Waals surface area contributed by atoms with Crippen molar-refractivity contribution in [2.24, 2.45) is 0 Å². The van der Waals surface area contributed by atoms with Gasteiger partial charge in [0.1, 0.15) is 5.75 Å². The van der Waals surface area contributed by atoms with Crippen LogP contribution in [0.4, 0.5) is 0 Å². The molecule has 0 aliphatic carbocycles. The van der Waals surface area contributed by atoms with Crippen LogP contribution in [-0.2, 0) is 5.41 Å². The topological polar surface area (TPSA) is 43.4 Å². The zero-order valence-corrected chi connectivity index (χ0v) is 18.8. The number of benzene rings is 3. The van der Waals surface area contributed by atoms with Crippen LogP contribution in [0.5, 0.6) is 5.75 Å². The lowest BCUT2D eigenvalue weighted by Crippen LogP contribution is -2.12. The van der Waals surface area contributed by atoms with Crippen LogP contribution in [0, 0.1) is 0 Å². The Kier molecular flexibility index (Phi) is 6.68. The van der Waals surface area contributed by atoms with Crippen molar-refractivity contribution in [2.75, 3.05) is 0 Å². The Hall–Kier alpha value is -2.98. The first-order valence-electron chi connectivity index (χ1n) is 9.63. The lowest BCUT2D eigenvalue weighted by molar-refractivity contribution is 0.0734. The lowest BCUT2D eigenvalue weighted by Gasteiger charge is -2.18. The van der Waals surface area contributed by atoms with Gasteiger partial charge >= 0.3 is 5.97 Å². The second-order valence-corrected chi connectivity index (χ2v) is 8.91. The number of hydrogen-bond donors (Lipinski definition) is 0. The Bertz CT molecular complexity index is 1070. The molecule has 0 bridgehead atoms. The number of allylic oxidation sites excluding steroid dienone is 1. The van der Waals surface area contributed by atoms with Gasteiger partial charge in [0.2, 0.25) is 0 Å². The predicted molar refractivity (Wildman–Crippen MR) is 124 cm³/mol. The first-order chi connectivity index (χ1) is 14.2. The summed E-state index contributed by atoms with van der Waals surface area (Å²) in [5.74, 6) is -0.0792. The summed E-state index contributed by atoms with van der Waals surface area (Å²) in [6, 6.07) is 21.7. The van der Waals surface area contributed by atoms with Gasteiger partial charge < -0.3 is 4.74 Å². The number of carbonyl (C=O) groups is 2. The SMILES string of the molecule is CC(C)(C)c1ccc(C(=O)Oc2cccc(C=CC(=O)c3ccc(Br)cc3)c2)cc1. The summed E-state index contributed by atoms with van der Waals surface area (Å²) in [4.78, 5) is 24.8. The van der Waals surface area contributed by atoms with Gasteiger partial charge in [-0.3, -0.25) is 4.79 Å². The molecule has 3 aromatic rings. The molecule has 0 atom stereocenters. The van der Waals surface area contributed by atoms with Gasteiger partial charge in [0.25, 0.3) is 0 Å². The highest BCUT2D eigenvalue weighted by molar-refractivity contribution is 9.10. The predicted octanol–water partition coefficient (Wildman–Crippen LogP) is 6.86. The van der Waals surface area contributed by atoms with E-state index < -0.39 is 5.97 Å². The van der Waals surface area contributed by atoms with Crippen molar-refractivity contribution in [3.63, 3.8) is 0 Å². The van der Waals surface area contributed by atoms with Gasteiger partial charge in [0, 0.05) is 10.0 Å². The second kappa shape index (κ2) is 9.23. The van der Waals surface area contributed by atoms with Crippen molar-refractivity contribution in [2.45, 2.75) is 26.2 Å². The van der Waals surface area contributed by atoms with E-state index in [9.17, 15) is 9.59 Å². The molecule has 0 N–H and O–H groups in total. The number of halogens is 1.